The molecule has 0 saturated heterocycles. The van der Waals surface area contributed by atoms with Crippen LogP contribution in [0.2, 0.25) is 5.02 Å². The molecule has 0 aliphatic heterocycles. The Kier molecular flexibility index (Phi) is 5.98. The highest BCUT2D eigenvalue weighted by Crippen LogP contribution is 2.22. The summed E-state index contributed by atoms with van der Waals surface area (Å²) in [5.41, 5.74) is 4.59. The van der Waals surface area contributed by atoms with E-state index < -0.39 is 0 Å². The topological polar surface area (TPSA) is 50.7 Å². The molecule has 2 rings (SSSR count). The minimum absolute atomic E-state index is 0.143. The summed E-state index contributed by atoms with van der Waals surface area (Å²) in [7, 11) is 0. The molecule has 0 atom stereocenters. The van der Waals surface area contributed by atoms with Gasteiger partial charge in [0, 0.05) is 0 Å². The van der Waals surface area contributed by atoms with Crippen LogP contribution in [0.3, 0.4) is 0 Å². The van der Waals surface area contributed by atoms with E-state index in [1.807, 2.05) is 24.3 Å². The first kappa shape index (κ1) is 16.0. The van der Waals surface area contributed by atoms with Gasteiger partial charge in [-0.05, 0) is 29.7 Å². The molecule has 0 unspecified atom stereocenters. The van der Waals surface area contributed by atoms with Crippen LogP contribution in [0.1, 0.15) is 18.1 Å². The van der Waals surface area contributed by atoms with Crippen LogP contribution in [-0.4, -0.2) is 18.7 Å². The van der Waals surface area contributed by atoms with E-state index in [0.29, 0.717) is 10.8 Å². The fourth-order valence-electron chi connectivity index (χ4n) is 1.76. The summed E-state index contributed by atoms with van der Waals surface area (Å²) in [5.74, 6) is 0.125. The molecule has 1 N–H and O–H groups in total. The summed E-state index contributed by atoms with van der Waals surface area (Å²) in [5, 5.41) is 4.36. The molecule has 2 aromatic rings. The Labute approximate surface area is 134 Å². The number of hydrogen-bond acceptors (Lipinski definition) is 3. The number of carbonyl (C=O) groups is 1. The van der Waals surface area contributed by atoms with Gasteiger partial charge < -0.3 is 4.74 Å². The van der Waals surface area contributed by atoms with Crippen LogP contribution in [0.15, 0.2) is 53.6 Å². The molecule has 0 aliphatic rings. The number of nitrogens with zero attached hydrogens (tertiary/aromatic N) is 1. The number of carbonyl (C=O) groups excluding carboxylic acids is 1. The maximum Gasteiger partial charge on any atom is 0.277 e. The van der Waals surface area contributed by atoms with Crippen molar-refractivity contribution in [2.45, 2.75) is 13.3 Å². The van der Waals surface area contributed by atoms with Crippen LogP contribution in [0, 0.1) is 0 Å². The van der Waals surface area contributed by atoms with Crippen molar-refractivity contribution in [3.05, 3.63) is 64.7 Å². The number of para-hydroxylation sites is 1. The normalized spacial score (nSPS) is 10.6. The molecule has 22 heavy (non-hydrogen) atoms. The van der Waals surface area contributed by atoms with Gasteiger partial charge in [0.2, 0.25) is 0 Å². The first-order valence-electron chi connectivity index (χ1n) is 6.97. The van der Waals surface area contributed by atoms with E-state index in [1.165, 1.54) is 5.56 Å². The van der Waals surface area contributed by atoms with Crippen LogP contribution >= 0.6 is 11.6 Å². The number of rotatable bonds is 6. The summed E-state index contributed by atoms with van der Waals surface area (Å²) in [6, 6.07) is 15.0. The van der Waals surface area contributed by atoms with Crippen molar-refractivity contribution >= 4 is 23.7 Å². The van der Waals surface area contributed by atoms with E-state index in [9.17, 15) is 4.79 Å². The van der Waals surface area contributed by atoms with E-state index in [4.69, 9.17) is 16.3 Å². The summed E-state index contributed by atoms with van der Waals surface area (Å²) in [6.07, 6.45) is 2.58. The second-order valence-electron chi connectivity index (χ2n) is 4.61. The Balaban J connectivity index is 1.79. The first-order chi connectivity index (χ1) is 10.7. The van der Waals surface area contributed by atoms with Gasteiger partial charge in [0.25, 0.3) is 5.91 Å². The van der Waals surface area contributed by atoms with E-state index >= 15 is 0 Å². The molecular weight excluding hydrogens is 300 g/mol. The first-order valence-corrected chi connectivity index (χ1v) is 7.35. The average molecular weight is 317 g/mol. The highest BCUT2D eigenvalue weighted by Gasteiger charge is 2.04. The van der Waals surface area contributed by atoms with Gasteiger partial charge in [0.05, 0.1) is 11.2 Å². The van der Waals surface area contributed by atoms with E-state index in [0.717, 1.165) is 12.0 Å². The minimum Gasteiger partial charge on any atom is -0.482 e. The van der Waals surface area contributed by atoms with Gasteiger partial charge in [-0.15, -0.1) is 0 Å². The fourth-order valence-corrected chi connectivity index (χ4v) is 1.95. The Morgan fingerprint density at radius 3 is 2.64 bits per heavy atom. The third-order valence-electron chi connectivity index (χ3n) is 2.99. The molecule has 0 bridgehead atoms. The SMILES string of the molecule is CCc1ccc(/C=N\NC(=O)COc2ccccc2Cl)cc1. The van der Waals surface area contributed by atoms with Crippen molar-refractivity contribution < 1.29 is 9.53 Å². The number of benzene rings is 2. The van der Waals surface area contributed by atoms with Crippen LogP contribution in [0.5, 0.6) is 5.75 Å². The molecule has 1 amide bonds. The summed E-state index contributed by atoms with van der Waals surface area (Å²) in [6.45, 7) is 1.96. The second-order valence-corrected chi connectivity index (χ2v) is 5.01. The fraction of sp³-hybridized carbons (Fsp3) is 0.176. The van der Waals surface area contributed by atoms with Gasteiger partial charge in [-0.2, -0.15) is 5.10 Å². The minimum atomic E-state index is -0.346. The Morgan fingerprint density at radius 1 is 1.23 bits per heavy atom. The quantitative estimate of drug-likeness (QED) is 0.655. The third kappa shape index (κ3) is 4.90. The lowest BCUT2D eigenvalue weighted by atomic mass is 10.1. The average Bonchev–Trinajstić information content (AvgIpc) is 2.55. The molecule has 4 nitrogen and oxygen atoms in total. The Bertz CT molecular complexity index is 654. The maximum atomic E-state index is 11.6. The molecule has 0 heterocycles. The number of aryl methyl sites for hydroxylation is 1. The molecule has 0 aromatic heterocycles. The van der Waals surface area contributed by atoms with Gasteiger partial charge >= 0.3 is 0 Å². The standard InChI is InChI=1S/C17H17ClN2O2/c1-2-13-7-9-14(10-8-13)11-19-20-17(21)12-22-16-6-4-3-5-15(16)18/h3-11H,2,12H2,1H3,(H,20,21)/b19-11-. The number of amides is 1. The Hall–Kier alpha value is -2.33. The third-order valence-corrected chi connectivity index (χ3v) is 3.30. The zero-order valence-corrected chi connectivity index (χ0v) is 13.0. The molecule has 0 fully saturated rings. The lowest BCUT2D eigenvalue weighted by molar-refractivity contribution is -0.123. The molecule has 0 radical (unpaired) electrons. The zero-order valence-electron chi connectivity index (χ0n) is 12.3. The smallest absolute Gasteiger partial charge is 0.277 e. The predicted molar refractivity (Wildman–Crippen MR) is 88.5 cm³/mol. The highest BCUT2D eigenvalue weighted by atomic mass is 35.5. The molecule has 0 saturated carbocycles. The van der Waals surface area contributed by atoms with Crippen molar-refractivity contribution in [1.82, 2.24) is 5.43 Å². The molecule has 114 valence electrons. The molecule has 2 aromatic carbocycles. The van der Waals surface area contributed by atoms with Gasteiger partial charge in [-0.3, -0.25) is 4.79 Å². The highest BCUT2D eigenvalue weighted by molar-refractivity contribution is 6.32. The van der Waals surface area contributed by atoms with E-state index in [-0.39, 0.29) is 12.5 Å². The number of hydrogen-bond donors (Lipinski definition) is 1. The van der Waals surface area contributed by atoms with Crippen molar-refractivity contribution in [2.24, 2.45) is 5.10 Å². The monoisotopic (exact) mass is 316 g/mol. The largest absolute Gasteiger partial charge is 0.482 e. The lowest BCUT2D eigenvalue weighted by Gasteiger charge is -2.06. The van der Waals surface area contributed by atoms with Gasteiger partial charge in [0.15, 0.2) is 6.61 Å². The molecule has 0 spiro atoms. The van der Waals surface area contributed by atoms with Gasteiger partial charge in [-0.1, -0.05) is 54.9 Å². The van der Waals surface area contributed by atoms with Crippen molar-refractivity contribution in [1.29, 1.82) is 0 Å². The molecular formula is C17H17ClN2O2. The summed E-state index contributed by atoms with van der Waals surface area (Å²) >= 11 is 5.93. The van der Waals surface area contributed by atoms with E-state index in [2.05, 4.69) is 17.5 Å². The number of hydrazone groups is 1. The van der Waals surface area contributed by atoms with Crippen LogP contribution in [0.4, 0.5) is 0 Å². The van der Waals surface area contributed by atoms with Gasteiger partial charge in [-0.25, -0.2) is 5.43 Å². The van der Waals surface area contributed by atoms with E-state index in [1.54, 1.807) is 30.5 Å². The maximum absolute atomic E-state index is 11.6. The number of nitrogens with one attached hydrogen (secondary N) is 1. The summed E-state index contributed by atoms with van der Waals surface area (Å²) in [4.78, 5) is 11.6. The predicted octanol–water partition coefficient (Wildman–Crippen LogP) is 3.43. The lowest BCUT2D eigenvalue weighted by Crippen LogP contribution is -2.24. The number of ether oxygens (including phenoxy) is 1. The van der Waals surface area contributed by atoms with Crippen molar-refractivity contribution in [3.63, 3.8) is 0 Å². The second kappa shape index (κ2) is 8.20. The number of halogens is 1. The van der Waals surface area contributed by atoms with Crippen molar-refractivity contribution in [3.8, 4) is 5.75 Å². The molecule has 0 aliphatic carbocycles. The van der Waals surface area contributed by atoms with Gasteiger partial charge in [0.1, 0.15) is 5.75 Å². The zero-order chi connectivity index (χ0) is 15.8. The molecule has 5 heteroatoms. The van der Waals surface area contributed by atoms with Crippen LogP contribution in [0.25, 0.3) is 0 Å². The summed E-state index contributed by atoms with van der Waals surface area (Å²) < 4.78 is 5.31. The van der Waals surface area contributed by atoms with Crippen LogP contribution < -0.4 is 10.2 Å². The van der Waals surface area contributed by atoms with Crippen molar-refractivity contribution in [2.75, 3.05) is 6.61 Å². The van der Waals surface area contributed by atoms with Crippen LogP contribution in [-0.2, 0) is 11.2 Å². The Morgan fingerprint density at radius 2 is 1.95 bits per heavy atom.